The van der Waals surface area contributed by atoms with Gasteiger partial charge >= 0.3 is 0 Å². The van der Waals surface area contributed by atoms with Crippen molar-refractivity contribution in [2.24, 2.45) is 212 Å². The first-order chi connectivity index (χ1) is 52.8. The summed E-state index contributed by atoms with van der Waals surface area (Å²) in [6, 6.07) is 0. The molecule has 0 saturated heterocycles. The highest BCUT2D eigenvalue weighted by Crippen LogP contribution is 2.64. The average molecular weight is 1600 g/mol. The molecule has 0 heteroatoms. The van der Waals surface area contributed by atoms with Crippen LogP contribution >= 0.6 is 0 Å². The molecule has 0 aliphatic heterocycles. The second-order valence-electron chi connectivity index (χ2n) is 55.5. The lowest BCUT2D eigenvalue weighted by atomic mass is 9.57. The van der Waals surface area contributed by atoms with Crippen molar-refractivity contribution in [3.05, 3.63) is 0 Å². The molecule has 14 atom stereocenters. The summed E-state index contributed by atoms with van der Waals surface area (Å²) in [5.74, 6) is 25.2. The van der Waals surface area contributed by atoms with Crippen LogP contribution in [0.15, 0.2) is 0 Å². The third-order valence-corrected chi connectivity index (χ3v) is 42.4. The van der Waals surface area contributed by atoms with Crippen molar-refractivity contribution in [1.82, 2.24) is 0 Å². The van der Waals surface area contributed by atoms with E-state index in [0.717, 1.165) is 147 Å². The molecule has 0 aromatic rings. The highest BCUT2D eigenvalue weighted by molar-refractivity contribution is 5.04. The van der Waals surface area contributed by atoms with Crippen molar-refractivity contribution in [3.63, 3.8) is 0 Å². The van der Waals surface area contributed by atoms with Gasteiger partial charge in [-0.1, -0.05) is 314 Å². The maximum absolute atomic E-state index is 2.49. The van der Waals surface area contributed by atoms with E-state index in [2.05, 4.69) is 263 Å². The van der Waals surface area contributed by atoms with E-state index >= 15 is 0 Å². The molecular weight excluding hydrogens is 1380 g/mol. The predicted molar refractivity (Wildman–Crippen MR) is 516 cm³/mol. The third-order valence-electron chi connectivity index (χ3n) is 42.4. The molecule has 678 valence electrons. The highest BCUT2D eigenvalue weighted by atomic mass is 14.6. The Morgan fingerprint density at radius 2 is 0.696 bits per heavy atom. The van der Waals surface area contributed by atoms with Gasteiger partial charge in [0.1, 0.15) is 0 Å². The van der Waals surface area contributed by atoms with Crippen LogP contribution in [0.3, 0.4) is 0 Å². The lowest BCUT2D eigenvalue weighted by Crippen LogP contribution is -2.38. The van der Waals surface area contributed by atoms with Crippen LogP contribution < -0.4 is 0 Å². The Kier molecular flexibility index (Phi) is 35.8. The van der Waals surface area contributed by atoms with Crippen LogP contribution in [-0.4, -0.2) is 0 Å². The minimum atomic E-state index is 0.526. The van der Waals surface area contributed by atoms with Gasteiger partial charge in [-0.3, -0.25) is 0 Å². The van der Waals surface area contributed by atoms with Gasteiger partial charge in [0, 0.05) is 0 Å². The second kappa shape index (κ2) is 40.3. The molecule has 0 N–H and O–H groups in total. The molecule has 20 fully saturated rings. The van der Waals surface area contributed by atoms with Crippen LogP contribution in [-0.2, 0) is 0 Å². The minimum absolute atomic E-state index is 0.526. The Morgan fingerprint density at radius 3 is 0.930 bits per heavy atom. The fraction of sp³-hybridized carbons (Fsp3) is 1.00. The Bertz CT molecular complexity index is 2680. The molecule has 0 nitrogen and oxygen atoms in total. The first-order valence-corrected chi connectivity index (χ1v) is 52.8. The number of fused-ring (bicyclic) bond motifs is 15. The summed E-state index contributed by atoms with van der Waals surface area (Å²) in [6.07, 6.45) is 59.4. The molecule has 0 aromatic carbocycles. The molecule has 20 aliphatic carbocycles. The molecule has 0 aromatic heterocycles. The van der Waals surface area contributed by atoms with Gasteiger partial charge in [-0.2, -0.15) is 0 Å². The van der Waals surface area contributed by atoms with Gasteiger partial charge in [-0.15, -0.1) is 0 Å². The van der Waals surface area contributed by atoms with Crippen LogP contribution in [0.1, 0.15) is 520 Å². The van der Waals surface area contributed by atoms with E-state index in [4.69, 9.17) is 0 Å². The quantitative estimate of drug-likeness (QED) is 0.249. The van der Waals surface area contributed by atoms with Gasteiger partial charge in [0.15, 0.2) is 0 Å². The van der Waals surface area contributed by atoms with Crippen molar-refractivity contribution < 1.29 is 0 Å². The van der Waals surface area contributed by atoms with Gasteiger partial charge in [-0.25, -0.2) is 0 Å². The standard InChI is InChI=1S/3C12H24.2C11H22.3C10H18.3C9H16/c1-9(2)10-11(3,4)7-8-12(10,5)6;1-7-12(6)8-10(2,3)11(4,5)9-12;1-6-10-7-11(2,3)9-12(4,5)8-10;1-6-9-7-10(2,3)11(4,5)8-9;1-6-9-10(2,3)7-8-11(9,4)5;1-7-8-4-5-9(6-8)10(7,2)3;1-8-7-9-3-5-10(8,2)6-4-9;1-7-8(2)10-5-3-9(7)4-6-10;1-6-7(2)9-4-3-8(6)5-9;1-7-6-8-2-4-9(7)5-3-8;1-2-8-5-7-3-4-9(8)6-7/h9-10H,7-8H2,1-6H3;7-9H2,1-6H3;10H,6-9H2,1-5H3;2*9H,6-8H2,1-5H3;7-9H,4-6H2,1-3H3;8-9H,3-7H2,1-2H3;7-10H,3-6H2,1-2H3;6-9H,3-5H2,1-2H3;2*7-9H,2-6H2,1H3/t;;;;;7-,8?,9?;8-,9?,10?;7-,8?,9?,10?;6-,7?,8?,9?;7-,8?,9?;/m.....10000./s1. The second-order valence-corrected chi connectivity index (χ2v) is 55.5. The maximum atomic E-state index is 2.49. The Hall–Kier alpha value is 0. The first kappa shape index (κ1) is 102. The smallest absolute Gasteiger partial charge is 0.0288 e. The van der Waals surface area contributed by atoms with Crippen molar-refractivity contribution in [1.29, 1.82) is 0 Å². The molecule has 20 saturated carbocycles. The lowest BCUT2D eigenvalue weighted by molar-refractivity contribution is 0.0209. The summed E-state index contributed by atoms with van der Waals surface area (Å²) in [5.41, 5.74) is 7.69. The maximum Gasteiger partial charge on any atom is -0.0288 e. The fourth-order valence-electron chi connectivity index (χ4n) is 33.1. The molecule has 0 heterocycles. The van der Waals surface area contributed by atoms with Crippen LogP contribution in [0.2, 0.25) is 0 Å². The Morgan fingerprint density at radius 1 is 0.304 bits per heavy atom. The Labute approximate surface area is 727 Å². The van der Waals surface area contributed by atoms with E-state index in [9.17, 15) is 0 Å². The molecule has 9 unspecified atom stereocenters. The van der Waals surface area contributed by atoms with Crippen molar-refractivity contribution in [2.75, 3.05) is 0 Å². The van der Waals surface area contributed by atoms with E-state index < -0.39 is 0 Å². The van der Waals surface area contributed by atoms with E-state index in [1.807, 2.05) is 0 Å². The number of hydrogen-bond donors (Lipinski definition) is 0. The van der Waals surface area contributed by atoms with Gasteiger partial charge in [0.2, 0.25) is 0 Å². The largest absolute Gasteiger partial charge is 0.0651 e. The molecule has 20 rings (SSSR count). The summed E-state index contributed by atoms with van der Waals surface area (Å²) in [7, 11) is 0. The van der Waals surface area contributed by atoms with Gasteiger partial charge in [0.05, 0.1) is 0 Å². The van der Waals surface area contributed by atoms with Gasteiger partial charge in [0.25, 0.3) is 0 Å². The van der Waals surface area contributed by atoms with E-state index in [0.29, 0.717) is 65.0 Å². The van der Waals surface area contributed by atoms with Gasteiger partial charge in [-0.05, 0) is 418 Å². The van der Waals surface area contributed by atoms with Crippen LogP contribution in [0.4, 0.5) is 0 Å². The monoisotopic (exact) mass is 1600 g/mol. The fourth-order valence-corrected chi connectivity index (χ4v) is 33.1. The number of rotatable bonds is 6. The lowest BCUT2D eigenvalue weighted by Gasteiger charge is -2.49. The zero-order chi connectivity index (χ0) is 86.6. The van der Waals surface area contributed by atoms with Crippen molar-refractivity contribution >= 4 is 0 Å². The molecule has 12 bridgehead atoms. The van der Waals surface area contributed by atoms with Crippen LogP contribution in [0.5, 0.6) is 0 Å². The Balaban J connectivity index is 0.000000175. The highest BCUT2D eigenvalue weighted by Gasteiger charge is 2.54. The summed E-state index contributed by atoms with van der Waals surface area (Å²) in [5, 5.41) is 0. The number of hydrogen-bond acceptors (Lipinski definition) is 0. The predicted octanol–water partition coefficient (Wildman–Crippen LogP) is 38.1. The van der Waals surface area contributed by atoms with Crippen molar-refractivity contribution in [3.8, 4) is 0 Å². The van der Waals surface area contributed by atoms with Crippen LogP contribution in [0, 0.1) is 212 Å². The van der Waals surface area contributed by atoms with E-state index in [1.165, 1.54) is 193 Å². The van der Waals surface area contributed by atoms with Crippen LogP contribution in [0.25, 0.3) is 0 Å². The molecule has 20 aliphatic rings. The van der Waals surface area contributed by atoms with Gasteiger partial charge < -0.3 is 0 Å². The molecular formula is C115H218. The summed E-state index contributed by atoms with van der Waals surface area (Å²) < 4.78 is 0. The summed E-state index contributed by atoms with van der Waals surface area (Å²) >= 11 is 0. The van der Waals surface area contributed by atoms with E-state index in [1.54, 1.807) is 64.2 Å². The topological polar surface area (TPSA) is 0 Å². The minimum Gasteiger partial charge on any atom is -0.0651 e. The normalized spacial score (nSPS) is 40.5. The molecule has 0 spiro atoms. The zero-order valence-corrected chi connectivity index (χ0v) is 86.6. The zero-order valence-electron chi connectivity index (χ0n) is 86.6. The summed E-state index contributed by atoms with van der Waals surface area (Å²) in [4.78, 5) is 0. The molecule has 115 heavy (non-hydrogen) atoms. The SMILES string of the molecule is CC(C)C1C(C)(C)CCC1(C)C.CC1C2CCC(C2)[C@H]1C.CC1C2CCC(CC2)[C@H]1C.CCC1(C)CC(C)(C)C(C)(C)C1.CCC1C(C)(C)CCC1(C)C.CCC1CC(C)(C)C(C)(C)C1.CCC1CC(C)(C)CC(C)(C)C1.CCC1CC2CCC1C2.C[C@@H]1C2CCC(C2)C1(C)C.C[C@H]1CC2CCC1(C)CC2.C[C@H]1CC2CCC1CC2. The first-order valence-electron chi connectivity index (χ1n) is 52.8. The molecule has 0 radical (unpaired) electrons. The molecule has 0 amide bonds. The van der Waals surface area contributed by atoms with E-state index in [-0.39, 0.29) is 0 Å². The summed E-state index contributed by atoms with van der Waals surface area (Å²) in [6.45, 7) is 92.0. The average Bonchev–Trinajstić information content (AvgIpc) is 1.62. The third kappa shape index (κ3) is 26.1. The van der Waals surface area contributed by atoms with Crippen molar-refractivity contribution in [2.45, 2.75) is 520 Å².